The highest BCUT2D eigenvalue weighted by Crippen LogP contribution is 2.25. The van der Waals surface area contributed by atoms with E-state index < -0.39 is 0 Å². The van der Waals surface area contributed by atoms with Crippen LogP contribution in [0.3, 0.4) is 0 Å². The number of halogens is 1. The van der Waals surface area contributed by atoms with Gasteiger partial charge in [-0.25, -0.2) is 5.43 Å². The van der Waals surface area contributed by atoms with E-state index in [-0.39, 0.29) is 0 Å². The van der Waals surface area contributed by atoms with E-state index in [0.29, 0.717) is 23.6 Å². The van der Waals surface area contributed by atoms with Gasteiger partial charge in [-0.3, -0.25) is 0 Å². The molecule has 172 valence electrons. The van der Waals surface area contributed by atoms with E-state index in [9.17, 15) is 0 Å². The lowest BCUT2D eigenvalue weighted by molar-refractivity contribution is 0.568. The van der Waals surface area contributed by atoms with E-state index in [0.717, 1.165) is 47.4 Å². The summed E-state index contributed by atoms with van der Waals surface area (Å²) in [7, 11) is 0. The largest absolute Gasteiger partial charge is 0.455 e. The summed E-state index contributed by atoms with van der Waals surface area (Å²) in [6, 6.07) is 21.6. The van der Waals surface area contributed by atoms with Crippen molar-refractivity contribution < 1.29 is 4.42 Å². The first-order chi connectivity index (χ1) is 16.7. The van der Waals surface area contributed by atoms with Crippen molar-refractivity contribution in [1.82, 2.24) is 15.0 Å². The zero-order valence-electron chi connectivity index (χ0n) is 18.5. The van der Waals surface area contributed by atoms with Crippen LogP contribution < -0.4 is 15.6 Å². The van der Waals surface area contributed by atoms with Crippen LogP contribution >= 0.6 is 15.9 Å². The van der Waals surface area contributed by atoms with E-state index in [1.807, 2.05) is 66.7 Å². The van der Waals surface area contributed by atoms with Gasteiger partial charge in [0.2, 0.25) is 17.8 Å². The molecule has 0 spiro atoms. The second-order valence-corrected chi connectivity index (χ2v) is 8.82. The maximum atomic E-state index is 5.90. The highest BCUT2D eigenvalue weighted by molar-refractivity contribution is 9.10. The van der Waals surface area contributed by atoms with Crippen molar-refractivity contribution >= 4 is 45.7 Å². The quantitative estimate of drug-likeness (QED) is 0.227. The molecule has 2 aromatic heterocycles. The third-order valence-corrected chi connectivity index (χ3v) is 5.88. The number of rotatable bonds is 7. The smallest absolute Gasteiger partial charge is 0.250 e. The van der Waals surface area contributed by atoms with Gasteiger partial charge in [0, 0.05) is 28.8 Å². The molecule has 1 fully saturated rings. The first-order valence-corrected chi connectivity index (χ1v) is 12.0. The Morgan fingerprint density at radius 1 is 0.882 bits per heavy atom. The van der Waals surface area contributed by atoms with Crippen molar-refractivity contribution in [2.45, 2.75) is 19.3 Å². The maximum absolute atomic E-state index is 5.90. The van der Waals surface area contributed by atoms with Crippen molar-refractivity contribution in [1.29, 1.82) is 0 Å². The topological polar surface area (TPSA) is 91.5 Å². The number of hydrogen-bond acceptors (Lipinski definition) is 8. The van der Waals surface area contributed by atoms with Crippen LogP contribution in [0.2, 0.25) is 0 Å². The highest BCUT2D eigenvalue weighted by atomic mass is 79.9. The Labute approximate surface area is 206 Å². The molecule has 1 saturated heterocycles. The lowest BCUT2D eigenvalue weighted by Crippen LogP contribution is -2.31. The molecule has 2 N–H and O–H groups in total. The molecule has 0 unspecified atom stereocenters. The summed E-state index contributed by atoms with van der Waals surface area (Å²) in [5.74, 6) is 2.86. The average molecular weight is 518 g/mol. The fourth-order valence-corrected chi connectivity index (χ4v) is 4.13. The molecular formula is C25H24BrN7O. The Morgan fingerprint density at radius 3 is 2.53 bits per heavy atom. The molecule has 1 aliphatic heterocycles. The van der Waals surface area contributed by atoms with Crippen LogP contribution in [0.15, 0.2) is 80.7 Å². The molecule has 0 amide bonds. The molecule has 0 bridgehead atoms. The van der Waals surface area contributed by atoms with Gasteiger partial charge in [-0.15, -0.1) is 0 Å². The van der Waals surface area contributed by atoms with Crippen LogP contribution in [0, 0.1) is 0 Å². The van der Waals surface area contributed by atoms with E-state index >= 15 is 0 Å². The van der Waals surface area contributed by atoms with Crippen molar-refractivity contribution in [3.8, 4) is 11.3 Å². The third kappa shape index (κ3) is 5.60. The summed E-state index contributed by atoms with van der Waals surface area (Å²) in [4.78, 5) is 15.9. The molecule has 4 aromatic rings. The van der Waals surface area contributed by atoms with E-state index in [1.165, 1.54) is 6.42 Å². The first kappa shape index (κ1) is 22.1. The van der Waals surface area contributed by atoms with Crippen molar-refractivity contribution in [3.05, 3.63) is 77.0 Å². The van der Waals surface area contributed by atoms with Crippen LogP contribution in [0.5, 0.6) is 0 Å². The molecule has 0 radical (unpaired) electrons. The normalized spacial score (nSPS) is 13.9. The van der Waals surface area contributed by atoms with Gasteiger partial charge in [0.1, 0.15) is 11.5 Å². The summed E-state index contributed by atoms with van der Waals surface area (Å²) >= 11 is 3.49. The summed E-state index contributed by atoms with van der Waals surface area (Å²) < 4.78 is 6.90. The number of para-hydroxylation sites is 1. The summed E-state index contributed by atoms with van der Waals surface area (Å²) in [6.45, 7) is 1.87. The predicted molar refractivity (Wildman–Crippen MR) is 139 cm³/mol. The number of nitrogens with zero attached hydrogens (tertiary/aromatic N) is 5. The van der Waals surface area contributed by atoms with Crippen LogP contribution in [-0.2, 0) is 0 Å². The second-order valence-electron chi connectivity index (χ2n) is 7.90. The van der Waals surface area contributed by atoms with Gasteiger partial charge in [0.15, 0.2) is 0 Å². The molecule has 2 aromatic carbocycles. The minimum absolute atomic E-state index is 0.365. The van der Waals surface area contributed by atoms with Gasteiger partial charge in [-0.2, -0.15) is 20.1 Å². The van der Waals surface area contributed by atoms with Gasteiger partial charge in [-0.1, -0.05) is 46.3 Å². The number of benzene rings is 2. The van der Waals surface area contributed by atoms with Gasteiger partial charge in [-0.05, 0) is 55.7 Å². The fourth-order valence-electron chi connectivity index (χ4n) is 3.73. The average Bonchev–Trinajstić information content (AvgIpc) is 3.34. The number of anilines is 4. The standard InChI is InChI=1S/C25H24BrN7O/c26-19-9-7-8-18(16-19)22-13-12-21(34-22)17-27-32-24-29-23(28-20-10-3-1-4-11-20)30-25(31-24)33-14-5-2-6-15-33/h1,3-4,7-13,16-17H,2,5-6,14-15H2,(H2,28,29,30,31,32)/b27-17+. The van der Waals surface area contributed by atoms with Crippen LogP contribution in [0.4, 0.5) is 23.5 Å². The van der Waals surface area contributed by atoms with Crippen molar-refractivity contribution in [3.63, 3.8) is 0 Å². The molecule has 34 heavy (non-hydrogen) atoms. The predicted octanol–water partition coefficient (Wildman–Crippen LogP) is 6.07. The number of hydrazone groups is 1. The van der Waals surface area contributed by atoms with Gasteiger partial charge in [0.25, 0.3) is 0 Å². The molecule has 8 nitrogen and oxygen atoms in total. The zero-order valence-corrected chi connectivity index (χ0v) is 20.1. The summed E-state index contributed by atoms with van der Waals surface area (Å²) in [5, 5.41) is 7.55. The summed E-state index contributed by atoms with van der Waals surface area (Å²) in [5.41, 5.74) is 4.82. The SMILES string of the molecule is Brc1cccc(-c2ccc(/C=N/Nc3nc(Nc4ccccc4)nc(N4CCCCC4)n3)o2)c1. The van der Waals surface area contributed by atoms with Gasteiger partial charge >= 0.3 is 0 Å². The van der Waals surface area contributed by atoms with Gasteiger partial charge in [0.05, 0.1) is 6.21 Å². The molecule has 9 heteroatoms. The zero-order chi connectivity index (χ0) is 23.2. The molecule has 0 aliphatic carbocycles. The molecule has 1 aliphatic rings. The number of furan rings is 1. The van der Waals surface area contributed by atoms with E-state index in [4.69, 9.17) is 4.42 Å². The number of nitrogens with one attached hydrogen (secondary N) is 2. The van der Waals surface area contributed by atoms with Gasteiger partial charge < -0.3 is 14.6 Å². The minimum atomic E-state index is 0.365. The molecule has 3 heterocycles. The Morgan fingerprint density at radius 2 is 1.71 bits per heavy atom. The maximum Gasteiger partial charge on any atom is 0.250 e. The lowest BCUT2D eigenvalue weighted by atomic mass is 10.1. The Balaban J connectivity index is 1.34. The second kappa shape index (κ2) is 10.5. The number of piperidine rings is 1. The van der Waals surface area contributed by atoms with Crippen molar-refractivity contribution in [2.75, 3.05) is 28.7 Å². The lowest BCUT2D eigenvalue weighted by Gasteiger charge is -2.26. The van der Waals surface area contributed by atoms with E-state index in [2.05, 4.69) is 51.6 Å². The molecule has 0 saturated carbocycles. The number of hydrogen-bond donors (Lipinski definition) is 2. The van der Waals surface area contributed by atoms with Crippen LogP contribution in [-0.4, -0.2) is 34.3 Å². The highest BCUT2D eigenvalue weighted by Gasteiger charge is 2.16. The fraction of sp³-hybridized carbons (Fsp3) is 0.200. The molecular weight excluding hydrogens is 494 g/mol. The van der Waals surface area contributed by atoms with Crippen LogP contribution in [0.1, 0.15) is 25.0 Å². The van der Waals surface area contributed by atoms with E-state index in [1.54, 1.807) is 6.21 Å². The number of aromatic nitrogens is 3. The molecule has 0 atom stereocenters. The summed E-state index contributed by atoms with van der Waals surface area (Å²) in [6.07, 6.45) is 5.10. The third-order valence-electron chi connectivity index (χ3n) is 5.38. The minimum Gasteiger partial charge on any atom is -0.455 e. The first-order valence-electron chi connectivity index (χ1n) is 11.2. The Kier molecular flexibility index (Phi) is 6.81. The van der Waals surface area contributed by atoms with Crippen molar-refractivity contribution in [2.24, 2.45) is 5.10 Å². The monoisotopic (exact) mass is 517 g/mol. The molecule has 5 rings (SSSR count). The Hall–Kier alpha value is -3.72. The Bertz CT molecular complexity index is 1270. The van der Waals surface area contributed by atoms with Crippen LogP contribution in [0.25, 0.3) is 11.3 Å².